The zero-order valence-corrected chi connectivity index (χ0v) is 14.9. The van der Waals surface area contributed by atoms with Crippen LogP contribution in [0.3, 0.4) is 0 Å². The number of piperidine rings is 1. The van der Waals surface area contributed by atoms with Crippen molar-refractivity contribution in [3.8, 4) is 11.5 Å². The van der Waals surface area contributed by atoms with Crippen LogP contribution < -0.4 is 14.8 Å². The van der Waals surface area contributed by atoms with Crippen LogP contribution in [0.2, 0.25) is 0 Å². The molecule has 0 aliphatic carbocycles. The molecule has 0 bridgehead atoms. The van der Waals surface area contributed by atoms with Crippen molar-refractivity contribution in [3.05, 3.63) is 29.9 Å². The van der Waals surface area contributed by atoms with Gasteiger partial charge in [-0.1, -0.05) is 12.1 Å². The number of hydrogen-bond acceptors (Lipinski definition) is 6. The molecule has 138 valence electrons. The zero-order valence-electron chi connectivity index (χ0n) is 14.9. The average molecular weight is 358 g/mol. The number of likely N-dealkylation sites (tertiary alicyclic amines) is 1. The molecule has 4 rings (SSSR count). The number of amides is 2. The van der Waals surface area contributed by atoms with Gasteiger partial charge in [0.25, 0.3) is 0 Å². The van der Waals surface area contributed by atoms with Gasteiger partial charge in [-0.2, -0.15) is 4.98 Å². The van der Waals surface area contributed by atoms with Crippen molar-refractivity contribution in [2.24, 2.45) is 0 Å². The molecular formula is C18H22N4O4. The number of nitrogens with one attached hydrogen (secondary N) is 1. The van der Waals surface area contributed by atoms with E-state index in [1.165, 1.54) is 0 Å². The molecule has 1 saturated heterocycles. The fraction of sp³-hybridized carbons (Fsp3) is 0.500. The van der Waals surface area contributed by atoms with Gasteiger partial charge in [0.1, 0.15) is 13.2 Å². The van der Waals surface area contributed by atoms with E-state index in [2.05, 4.69) is 22.4 Å². The number of aromatic nitrogens is 2. The molecule has 3 heterocycles. The number of urea groups is 1. The van der Waals surface area contributed by atoms with Crippen molar-refractivity contribution in [3.63, 3.8) is 0 Å². The van der Waals surface area contributed by atoms with Gasteiger partial charge in [0.15, 0.2) is 17.3 Å². The van der Waals surface area contributed by atoms with Crippen LogP contribution in [0.1, 0.15) is 31.5 Å². The molecule has 0 unspecified atom stereocenters. The average Bonchev–Trinajstić information content (AvgIpc) is 3.09. The van der Waals surface area contributed by atoms with E-state index in [9.17, 15) is 4.79 Å². The van der Waals surface area contributed by atoms with Gasteiger partial charge in [0.2, 0.25) is 5.89 Å². The minimum atomic E-state index is -0.161. The van der Waals surface area contributed by atoms with E-state index < -0.39 is 0 Å². The number of ether oxygens (including phenoxy) is 2. The van der Waals surface area contributed by atoms with Crippen LogP contribution >= 0.6 is 0 Å². The van der Waals surface area contributed by atoms with E-state index in [1.54, 1.807) is 13.0 Å². The lowest BCUT2D eigenvalue weighted by Crippen LogP contribution is -2.46. The summed E-state index contributed by atoms with van der Waals surface area (Å²) in [5.41, 5.74) is 0.535. The predicted octanol–water partition coefficient (Wildman–Crippen LogP) is 2.73. The summed E-state index contributed by atoms with van der Waals surface area (Å²) in [5, 5.41) is 6.99. The van der Waals surface area contributed by atoms with Crippen molar-refractivity contribution in [1.29, 1.82) is 0 Å². The number of hydrogen-bond donors (Lipinski definition) is 1. The zero-order chi connectivity index (χ0) is 18.1. The Bertz CT molecular complexity index is 811. The molecule has 26 heavy (non-hydrogen) atoms. The number of rotatable bonds is 2. The first-order chi connectivity index (χ1) is 12.5. The molecule has 1 aromatic carbocycles. The highest BCUT2D eigenvalue weighted by molar-refractivity contribution is 5.89. The molecule has 0 atom stereocenters. The van der Waals surface area contributed by atoms with Crippen molar-refractivity contribution < 1.29 is 18.8 Å². The van der Waals surface area contributed by atoms with E-state index in [0.29, 0.717) is 49.4 Å². The summed E-state index contributed by atoms with van der Waals surface area (Å²) in [4.78, 5) is 18.8. The maximum Gasteiger partial charge on any atom is 0.321 e. The molecule has 2 aliphatic heterocycles. The van der Waals surface area contributed by atoms with Gasteiger partial charge in [0.05, 0.1) is 0 Å². The molecule has 2 aliphatic rings. The summed E-state index contributed by atoms with van der Waals surface area (Å²) in [7, 11) is 0. The van der Waals surface area contributed by atoms with E-state index >= 15 is 0 Å². The van der Waals surface area contributed by atoms with Crippen molar-refractivity contribution in [2.45, 2.75) is 32.1 Å². The summed E-state index contributed by atoms with van der Waals surface area (Å²) in [6, 6.07) is 5.31. The Balaban J connectivity index is 1.38. The highest BCUT2D eigenvalue weighted by Gasteiger charge is 2.37. The maximum atomic E-state index is 12.6. The van der Waals surface area contributed by atoms with Crippen LogP contribution in [0.5, 0.6) is 11.5 Å². The van der Waals surface area contributed by atoms with Crippen molar-refractivity contribution >= 4 is 11.7 Å². The lowest BCUT2D eigenvalue weighted by Gasteiger charge is -2.37. The Morgan fingerprint density at radius 1 is 1.19 bits per heavy atom. The smallest absolute Gasteiger partial charge is 0.321 e. The van der Waals surface area contributed by atoms with Crippen molar-refractivity contribution in [2.75, 3.05) is 31.6 Å². The molecule has 0 spiro atoms. The molecule has 0 saturated carbocycles. The highest BCUT2D eigenvalue weighted by atomic mass is 16.6. The van der Waals surface area contributed by atoms with Crippen LogP contribution in [-0.4, -0.2) is 47.4 Å². The Morgan fingerprint density at radius 2 is 1.92 bits per heavy atom. The third-order valence-corrected chi connectivity index (χ3v) is 5.02. The lowest BCUT2D eigenvalue weighted by atomic mass is 9.80. The standard InChI is InChI=1S/C18H22N4O4/c1-12-19-16(21-26-12)18(2)5-7-22(8-6-18)17(23)20-13-3-4-14-15(11-13)25-10-9-24-14/h3-4,11H,5-10H2,1-2H3,(H,20,23). The predicted molar refractivity (Wildman–Crippen MR) is 93.6 cm³/mol. The number of carbonyl (C=O) groups excluding carboxylic acids is 1. The van der Waals surface area contributed by atoms with E-state index in [0.717, 1.165) is 18.7 Å². The molecule has 8 nitrogen and oxygen atoms in total. The molecule has 1 fully saturated rings. The summed E-state index contributed by atoms with van der Waals surface area (Å²) in [6.07, 6.45) is 1.58. The Hall–Kier alpha value is -2.77. The number of fused-ring (bicyclic) bond motifs is 1. The van der Waals surface area contributed by atoms with Crippen LogP contribution in [0, 0.1) is 6.92 Å². The topological polar surface area (TPSA) is 89.7 Å². The monoisotopic (exact) mass is 358 g/mol. The first-order valence-electron chi connectivity index (χ1n) is 8.80. The first-order valence-corrected chi connectivity index (χ1v) is 8.80. The Kier molecular flexibility index (Phi) is 4.18. The Labute approximate surface area is 151 Å². The molecule has 0 radical (unpaired) electrons. The van der Waals surface area contributed by atoms with Crippen LogP contribution in [0.4, 0.5) is 10.5 Å². The van der Waals surface area contributed by atoms with Gasteiger partial charge in [-0.05, 0) is 25.0 Å². The normalized spacial score (nSPS) is 18.5. The lowest BCUT2D eigenvalue weighted by molar-refractivity contribution is 0.169. The second kappa shape index (κ2) is 6.51. The van der Waals surface area contributed by atoms with Crippen LogP contribution in [-0.2, 0) is 5.41 Å². The quantitative estimate of drug-likeness (QED) is 0.888. The molecule has 8 heteroatoms. The largest absolute Gasteiger partial charge is 0.486 e. The summed E-state index contributed by atoms with van der Waals surface area (Å²) < 4.78 is 16.2. The maximum absolute atomic E-state index is 12.6. The molecule has 1 aromatic heterocycles. The third-order valence-electron chi connectivity index (χ3n) is 5.02. The van der Waals surface area contributed by atoms with E-state index in [4.69, 9.17) is 14.0 Å². The van der Waals surface area contributed by atoms with Gasteiger partial charge in [-0.3, -0.25) is 0 Å². The van der Waals surface area contributed by atoms with Gasteiger partial charge < -0.3 is 24.2 Å². The second-order valence-corrected chi connectivity index (χ2v) is 6.97. The fourth-order valence-electron chi connectivity index (χ4n) is 3.29. The van der Waals surface area contributed by atoms with Crippen LogP contribution in [0.25, 0.3) is 0 Å². The number of carbonyl (C=O) groups is 1. The minimum Gasteiger partial charge on any atom is -0.486 e. The molecular weight excluding hydrogens is 336 g/mol. The number of benzene rings is 1. The van der Waals surface area contributed by atoms with E-state index in [-0.39, 0.29) is 11.4 Å². The van der Waals surface area contributed by atoms with Gasteiger partial charge >= 0.3 is 6.03 Å². The first kappa shape index (κ1) is 16.7. The third kappa shape index (κ3) is 3.18. The summed E-state index contributed by atoms with van der Waals surface area (Å²) >= 11 is 0. The molecule has 2 aromatic rings. The van der Waals surface area contributed by atoms with Gasteiger partial charge in [-0.25, -0.2) is 4.79 Å². The second-order valence-electron chi connectivity index (χ2n) is 6.97. The van der Waals surface area contributed by atoms with Gasteiger partial charge in [-0.15, -0.1) is 0 Å². The number of nitrogens with zero attached hydrogens (tertiary/aromatic N) is 3. The molecule has 2 amide bonds. The van der Waals surface area contributed by atoms with Crippen molar-refractivity contribution in [1.82, 2.24) is 15.0 Å². The minimum absolute atomic E-state index is 0.118. The van der Waals surface area contributed by atoms with Gasteiger partial charge in [0, 0.05) is 37.2 Å². The summed E-state index contributed by atoms with van der Waals surface area (Å²) in [6.45, 7) is 6.25. The summed E-state index contributed by atoms with van der Waals surface area (Å²) in [5.74, 6) is 2.66. The highest BCUT2D eigenvalue weighted by Crippen LogP contribution is 2.34. The Morgan fingerprint density at radius 3 is 2.62 bits per heavy atom. The van der Waals surface area contributed by atoms with E-state index in [1.807, 2.05) is 17.0 Å². The molecule has 1 N–H and O–H groups in total. The SMILES string of the molecule is Cc1nc(C2(C)CCN(C(=O)Nc3ccc4c(c3)OCCO4)CC2)no1. The fourth-order valence-corrected chi connectivity index (χ4v) is 3.29. The number of anilines is 1. The number of aryl methyl sites for hydroxylation is 1. The van der Waals surface area contributed by atoms with Crippen LogP contribution in [0.15, 0.2) is 22.7 Å².